The number of rotatable bonds is 7. The third-order valence-corrected chi connectivity index (χ3v) is 5.35. The molecule has 2 N–H and O–H groups in total. The van der Waals surface area contributed by atoms with E-state index in [0.717, 1.165) is 57.4 Å². The molecule has 126 valence electrons. The molecule has 2 heteroatoms. The van der Waals surface area contributed by atoms with Crippen molar-refractivity contribution in [3.05, 3.63) is 59.3 Å². The lowest BCUT2D eigenvalue weighted by Gasteiger charge is -2.32. The first-order valence-corrected chi connectivity index (χ1v) is 8.88. The summed E-state index contributed by atoms with van der Waals surface area (Å²) in [6.45, 7) is 15.7. The Morgan fingerprint density at radius 2 is 1.96 bits per heavy atom. The zero-order chi connectivity index (χ0) is 16.8. The molecule has 1 heterocycles. The highest BCUT2D eigenvalue weighted by Crippen LogP contribution is 2.23. The van der Waals surface area contributed by atoms with Crippen LogP contribution in [0.4, 0.5) is 0 Å². The van der Waals surface area contributed by atoms with Crippen LogP contribution in [0.15, 0.2) is 37.1 Å². The zero-order valence-electron chi connectivity index (χ0n) is 14.9. The molecule has 0 bridgehead atoms. The fourth-order valence-corrected chi connectivity index (χ4v) is 3.65. The van der Waals surface area contributed by atoms with Crippen LogP contribution in [-0.2, 0) is 12.8 Å². The zero-order valence-corrected chi connectivity index (χ0v) is 14.9. The van der Waals surface area contributed by atoms with Gasteiger partial charge in [-0.3, -0.25) is 0 Å². The Morgan fingerprint density at radius 1 is 1.26 bits per heavy atom. The second-order valence-electron chi connectivity index (χ2n) is 6.91. The summed E-state index contributed by atoms with van der Waals surface area (Å²) in [5.41, 5.74) is 12.6. The summed E-state index contributed by atoms with van der Waals surface area (Å²) in [6.07, 6.45) is 7.64. The average molecular weight is 313 g/mol. The van der Waals surface area contributed by atoms with Crippen molar-refractivity contribution in [3.8, 4) is 0 Å². The van der Waals surface area contributed by atoms with Crippen LogP contribution in [0.2, 0.25) is 0 Å². The molecule has 1 aromatic carbocycles. The largest absolute Gasteiger partial charge is 0.402 e. The molecule has 1 fully saturated rings. The number of likely N-dealkylation sites (tertiary alicyclic amines) is 1. The van der Waals surface area contributed by atoms with Crippen LogP contribution >= 0.6 is 0 Å². The van der Waals surface area contributed by atoms with Crippen molar-refractivity contribution < 1.29 is 0 Å². The number of aryl methyl sites for hydroxylation is 1. The van der Waals surface area contributed by atoms with Crippen molar-refractivity contribution in [3.63, 3.8) is 0 Å². The fraction of sp³-hybridized carbons (Fsp3) is 0.524. The van der Waals surface area contributed by atoms with Gasteiger partial charge in [0.1, 0.15) is 0 Å². The molecule has 1 saturated heterocycles. The second kappa shape index (κ2) is 8.35. The summed E-state index contributed by atoms with van der Waals surface area (Å²) in [7, 11) is 0. The van der Waals surface area contributed by atoms with Gasteiger partial charge in [-0.05, 0) is 81.3 Å². The Morgan fingerprint density at radius 3 is 2.57 bits per heavy atom. The predicted octanol–water partition coefficient (Wildman–Crippen LogP) is 4.15. The van der Waals surface area contributed by atoms with E-state index in [4.69, 9.17) is 5.73 Å². The molecular formula is C21H32N2. The van der Waals surface area contributed by atoms with Gasteiger partial charge in [-0.15, -0.1) is 6.58 Å². The van der Waals surface area contributed by atoms with E-state index < -0.39 is 0 Å². The number of nitrogens with two attached hydrogens (primary N) is 1. The summed E-state index contributed by atoms with van der Waals surface area (Å²) in [4.78, 5) is 2.57. The van der Waals surface area contributed by atoms with Crippen molar-refractivity contribution in [2.45, 2.75) is 46.0 Å². The smallest absolute Gasteiger partial charge is 0.00399 e. The van der Waals surface area contributed by atoms with Gasteiger partial charge in [0.25, 0.3) is 0 Å². The fourth-order valence-electron chi connectivity index (χ4n) is 3.65. The molecule has 0 spiro atoms. The van der Waals surface area contributed by atoms with Crippen LogP contribution in [0.1, 0.15) is 41.5 Å². The summed E-state index contributed by atoms with van der Waals surface area (Å²) in [6, 6.07) is 4.60. The summed E-state index contributed by atoms with van der Waals surface area (Å²) < 4.78 is 0. The third-order valence-electron chi connectivity index (χ3n) is 5.35. The van der Waals surface area contributed by atoms with Gasteiger partial charge in [0.2, 0.25) is 0 Å². The molecule has 0 amide bonds. The molecule has 1 aliphatic rings. The van der Waals surface area contributed by atoms with Crippen LogP contribution in [0.3, 0.4) is 0 Å². The normalized spacial score (nSPS) is 16.4. The molecule has 0 unspecified atom stereocenters. The van der Waals surface area contributed by atoms with Gasteiger partial charge < -0.3 is 10.6 Å². The van der Waals surface area contributed by atoms with E-state index in [1.165, 1.54) is 22.3 Å². The maximum Gasteiger partial charge on any atom is 0.00399 e. The first-order chi connectivity index (χ1) is 11.0. The molecule has 2 nitrogen and oxygen atoms in total. The number of benzene rings is 1. The van der Waals surface area contributed by atoms with Crippen molar-refractivity contribution in [2.24, 2.45) is 11.7 Å². The van der Waals surface area contributed by atoms with Gasteiger partial charge >= 0.3 is 0 Å². The number of piperidine rings is 1. The van der Waals surface area contributed by atoms with Crippen LogP contribution in [0.5, 0.6) is 0 Å². The SMILES string of the molecule is C=CCCc1c(C)ccc(CCN2CCC(C(=C)N)CC2)c1C. The standard InChI is InChI=1S/C21H32N2/c1-5-6-7-21-16(2)8-9-19(17(21)3)10-13-23-14-11-20(12-15-23)18(4)22/h5,8-9,20H,1,4,6-7,10-15,22H2,2-3H3. The van der Waals surface area contributed by atoms with Gasteiger partial charge in [-0.25, -0.2) is 0 Å². The van der Waals surface area contributed by atoms with Gasteiger partial charge in [0.05, 0.1) is 0 Å². The van der Waals surface area contributed by atoms with E-state index in [0.29, 0.717) is 5.92 Å². The molecule has 0 atom stereocenters. The average Bonchev–Trinajstić information content (AvgIpc) is 2.54. The highest BCUT2D eigenvalue weighted by molar-refractivity contribution is 5.40. The Balaban J connectivity index is 1.93. The molecular weight excluding hydrogens is 280 g/mol. The summed E-state index contributed by atoms with van der Waals surface area (Å²) >= 11 is 0. The maximum absolute atomic E-state index is 5.85. The maximum atomic E-state index is 5.85. The topological polar surface area (TPSA) is 29.3 Å². The molecule has 1 aliphatic heterocycles. The Labute approximate surface area is 142 Å². The van der Waals surface area contributed by atoms with Gasteiger partial charge in [-0.2, -0.15) is 0 Å². The first-order valence-electron chi connectivity index (χ1n) is 8.88. The van der Waals surface area contributed by atoms with E-state index in [1.54, 1.807) is 0 Å². The molecule has 0 aliphatic carbocycles. The summed E-state index contributed by atoms with van der Waals surface area (Å²) in [5.74, 6) is 0.526. The molecule has 23 heavy (non-hydrogen) atoms. The van der Waals surface area contributed by atoms with Crippen LogP contribution in [-0.4, -0.2) is 24.5 Å². The van der Waals surface area contributed by atoms with Crippen molar-refractivity contribution >= 4 is 0 Å². The molecule has 0 radical (unpaired) electrons. The van der Waals surface area contributed by atoms with Crippen molar-refractivity contribution in [1.29, 1.82) is 0 Å². The number of hydrogen-bond donors (Lipinski definition) is 1. The van der Waals surface area contributed by atoms with Gasteiger partial charge in [0, 0.05) is 18.2 Å². The molecule has 0 aromatic heterocycles. The highest BCUT2D eigenvalue weighted by Gasteiger charge is 2.20. The van der Waals surface area contributed by atoms with E-state index in [9.17, 15) is 0 Å². The minimum Gasteiger partial charge on any atom is -0.402 e. The minimum absolute atomic E-state index is 0.526. The van der Waals surface area contributed by atoms with E-state index in [-0.39, 0.29) is 0 Å². The monoisotopic (exact) mass is 312 g/mol. The van der Waals surface area contributed by atoms with Crippen LogP contribution in [0.25, 0.3) is 0 Å². The lowest BCUT2D eigenvalue weighted by molar-refractivity contribution is 0.200. The minimum atomic E-state index is 0.526. The summed E-state index contributed by atoms with van der Waals surface area (Å²) in [5, 5.41) is 0. The Kier molecular flexibility index (Phi) is 6.47. The Bertz CT molecular complexity index is 551. The number of nitrogens with zero attached hydrogens (tertiary/aromatic N) is 1. The number of hydrogen-bond acceptors (Lipinski definition) is 2. The van der Waals surface area contributed by atoms with Crippen molar-refractivity contribution in [2.75, 3.05) is 19.6 Å². The first kappa shape index (κ1) is 17.8. The van der Waals surface area contributed by atoms with Crippen molar-refractivity contribution in [1.82, 2.24) is 4.90 Å². The molecule has 0 saturated carbocycles. The van der Waals surface area contributed by atoms with Crippen LogP contribution < -0.4 is 5.73 Å². The number of allylic oxidation sites excluding steroid dienone is 2. The van der Waals surface area contributed by atoms with Gasteiger partial charge in [0.15, 0.2) is 0 Å². The highest BCUT2D eigenvalue weighted by atomic mass is 15.1. The lowest BCUT2D eigenvalue weighted by Crippen LogP contribution is -2.36. The van der Waals surface area contributed by atoms with E-state index >= 15 is 0 Å². The Hall–Kier alpha value is -1.54. The molecule has 2 rings (SSSR count). The quantitative estimate of drug-likeness (QED) is 0.766. The van der Waals surface area contributed by atoms with E-state index in [2.05, 4.69) is 44.0 Å². The second-order valence-corrected chi connectivity index (χ2v) is 6.91. The third kappa shape index (κ3) is 4.71. The van der Waals surface area contributed by atoms with E-state index in [1.807, 2.05) is 6.08 Å². The van der Waals surface area contributed by atoms with Crippen LogP contribution in [0, 0.1) is 19.8 Å². The van der Waals surface area contributed by atoms with Gasteiger partial charge in [-0.1, -0.05) is 24.8 Å². The predicted molar refractivity (Wildman–Crippen MR) is 101 cm³/mol. The molecule has 1 aromatic rings. The lowest BCUT2D eigenvalue weighted by atomic mass is 9.92.